The quantitative estimate of drug-likeness (QED) is 0.753. The molecule has 2 aliphatic heterocycles. The molecule has 1 aromatic rings. The number of amides is 1. The van der Waals surface area contributed by atoms with Crippen LogP contribution in [0.15, 0.2) is 24.3 Å². The van der Waals surface area contributed by atoms with Gasteiger partial charge in [0.2, 0.25) is 0 Å². The van der Waals surface area contributed by atoms with Crippen LogP contribution in [0.5, 0.6) is 5.75 Å². The number of ether oxygens (including phenoxy) is 3. The highest BCUT2D eigenvalue weighted by atomic mass is 16.5. The Kier molecular flexibility index (Phi) is 7.29. The molecule has 0 atom stereocenters. The van der Waals surface area contributed by atoms with Gasteiger partial charge < -0.3 is 19.5 Å². The fourth-order valence-electron chi connectivity index (χ4n) is 3.68. The van der Waals surface area contributed by atoms with Crippen LogP contribution in [0, 0.1) is 0 Å². The van der Waals surface area contributed by atoms with Crippen molar-refractivity contribution in [1.82, 2.24) is 10.2 Å². The zero-order valence-corrected chi connectivity index (χ0v) is 15.6. The number of benzene rings is 1. The Morgan fingerprint density at radius 3 is 2.73 bits per heavy atom. The lowest BCUT2D eigenvalue weighted by Crippen LogP contribution is -2.46. The van der Waals surface area contributed by atoms with E-state index in [1.165, 1.54) is 0 Å². The molecule has 0 saturated carbocycles. The van der Waals surface area contributed by atoms with Gasteiger partial charge in [0, 0.05) is 51.6 Å². The van der Waals surface area contributed by atoms with Crippen molar-refractivity contribution in [3.63, 3.8) is 0 Å². The molecule has 2 saturated heterocycles. The smallest absolute Gasteiger partial charge is 0.251 e. The Morgan fingerprint density at radius 2 is 2.00 bits per heavy atom. The molecule has 2 aliphatic rings. The van der Waals surface area contributed by atoms with Crippen LogP contribution in [-0.4, -0.2) is 69.5 Å². The lowest BCUT2D eigenvalue weighted by Gasteiger charge is -2.39. The van der Waals surface area contributed by atoms with Crippen molar-refractivity contribution >= 4 is 5.91 Å². The van der Waals surface area contributed by atoms with Gasteiger partial charge in [-0.05, 0) is 43.9 Å². The third-order valence-corrected chi connectivity index (χ3v) is 5.17. The van der Waals surface area contributed by atoms with E-state index in [9.17, 15) is 4.79 Å². The predicted molar refractivity (Wildman–Crippen MR) is 99.7 cm³/mol. The van der Waals surface area contributed by atoms with Gasteiger partial charge in [0.15, 0.2) is 0 Å². The number of nitrogens with one attached hydrogen (secondary N) is 1. The number of carbonyl (C=O) groups is 1. The summed E-state index contributed by atoms with van der Waals surface area (Å²) >= 11 is 0. The molecule has 26 heavy (non-hydrogen) atoms. The van der Waals surface area contributed by atoms with Crippen LogP contribution >= 0.6 is 0 Å². The Morgan fingerprint density at radius 1 is 1.23 bits per heavy atom. The Labute approximate surface area is 155 Å². The molecule has 0 radical (unpaired) electrons. The van der Waals surface area contributed by atoms with Gasteiger partial charge in [-0.1, -0.05) is 6.07 Å². The summed E-state index contributed by atoms with van der Waals surface area (Å²) in [5.41, 5.74) is 0.623. The third-order valence-electron chi connectivity index (χ3n) is 5.17. The lowest BCUT2D eigenvalue weighted by molar-refractivity contribution is 0.0101. The Bertz CT molecular complexity index is 567. The zero-order chi connectivity index (χ0) is 18.2. The van der Waals surface area contributed by atoms with Crippen LogP contribution in [0.4, 0.5) is 0 Å². The first-order valence-electron chi connectivity index (χ1n) is 9.62. The topological polar surface area (TPSA) is 60.0 Å². The number of carbonyl (C=O) groups excluding carboxylic acids is 1. The number of methoxy groups -OCH3 is 1. The molecule has 2 fully saturated rings. The van der Waals surface area contributed by atoms with E-state index < -0.39 is 0 Å². The first-order chi connectivity index (χ1) is 12.8. The molecule has 0 spiro atoms. The molecule has 1 aromatic carbocycles. The van der Waals surface area contributed by atoms with Crippen molar-refractivity contribution < 1.29 is 19.0 Å². The van der Waals surface area contributed by atoms with E-state index in [0.717, 1.165) is 57.7 Å². The monoisotopic (exact) mass is 362 g/mol. The molecule has 1 amide bonds. The van der Waals surface area contributed by atoms with Crippen LogP contribution < -0.4 is 10.1 Å². The molecule has 0 unspecified atom stereocenters. The van der Waals surface area contributed by atoms with Crippen LogP contribution in [0.25, 0.3) is 0 Å². The number of hydrogen-bond donors (Lipinski definition) is 1. The van der Waals surface area contributed by atoms with Crippen LogP contribution in [-0.2, 0) is 9.47 Å². The molecule has 2 heterocycles. The summed E-state index contributed by atoms with van der Waals surface area (Å²) in [6.45, 7) is 4.94. The van der Waals surface area contributed by atoms with E-state index >= 15 is 0 Å². The predicted octanol–water partition coefficient (Wildman–Crippen LogP) is 2.08. The molecular weight excluding hydrogens is 332 g/mol. The summed E-state index contributed by atoms with van der Waals surface area (Å²) in [6, 6.07) is 8.10. The van der Waals surface area contributed by atoms with Crippen LogP contribution in [0.2, 0.25) is 0 Å². The molecule has 1 N–H and O–H groups in total. The molecule has 6 heteroatoms. The summed E-state index contributed by atoms with van der Waals surface area (Å²) in [6.07, 6.45) is 4.57. The summed E-state index contributed by atoms with van der Waals surface area (Å²) < 4.78 is 16.6. The average molecular weight is 362 g/mol. The number of hydrogen-bond acceptors (Lipinski definition) is 5. The standard InChI is InChI=1S/C20H30N2O4/c1-24-14-9-21-20(23)16-3-2-4-19(15-16)26-18-5-10-22(11-6-18)17-7-12-25-13-8-17/h2-4,15,17-18H,5-14H2,1H3,(H,21,23). The van der Waals surface area contributed by atoms with Crippen molar-refractivity contribution in [2.75, 3.05) is 46.6 Å². The molecular formula is C20H30N2O4. The van der Waals surface area contributed by atoms with Gasteiger partial charge in [0.1, 0.15) is 11.9 Å². The normalized spacial score (nSPS) is 20.0. The SMILES string of the molecule is COCCNC(=O)c1cccc(OC2CCN(C3CCOCC3)CC2)c1. The van der Waals surface area contributed by atoms with Gasteiger partial charge in [0.25, 0.3) is 5.91 Å². The fraction of sp³-hybridized carbons (Fsp3) is 0.650. The number of rotatable bonds is 7. The van der Waals surface area contributed by atoms with Crippen molar-refractivity contribution in [2.45, 2.75) is 37.8 Å². The Balaban J connectivity index is 1.47. The number of nitrogens with zero attached hydrogens (tertiary/aromatic N) is 1. The third kappa shape index (κ3) is 5.43. The zero-order valence-electron chi connectivity index (χ0n) is 15.6. The van der Waals surface area contributed by atoms with E-state index in [0.29, 0.717) is 24.8 Å². The minimum absolute atomic E-state index is 0.0955. The molecule has 3 rings (SSSR count). The maximum absolute atomic E-state index is 12.1. The molecule has 0 aromatic heterocycles. The van der Waals surface area contributed by atoms with E-state index in [2.05, 4.69) is 10.2 Å². The molecule has 0 aliphatic carbocycles. The highest BCUT2D eigenvalue weighted by Gasteiger charge is 2.27. The highest BCUT2D eigenvalue weighted by molar-refractivity contribution is 5.94. The van der Waals surface area contributed by atoms with Gasteiger partial charge in [-0.25, -0.2) is 0 Å². The van der Waals surface area contributed by atoms with E-state index in [1.807, 2.05) is 24.3 Å². The van der Waals surface area contributed by atoms with E-state index in [4.69, 9.17) is 14.2 Å². The molecule has 144 valence electrons. The second kappa shape index (κ2) is 9.90. The van der Waals surface area contributed by atoms with Gasteiger partial charge >= 0.3 is 0 Å². The average Bonchev–Trinajstić information content (AvgIpc) is 2.69. The summed E-state index contributed by atoms with van der Waals surface area (Å²) in [5.74, 6) is 0.677. The van der Waals surface area contributed by atoms with Gasteiger partial charge in [-0.2, -0.15) is 0 Å². The number of likely N-dealkylation sites (tertiary alicyclic amines) is 1. The van der Waals surface area contributed by atoms with Gasteiger partial charge in [0.05, 0.1) is 6.61 Å². The van der Waals surface area contributed by atoms with Crippen LogP contribution in [0.1, 0.15) is 36.0 Å². The Hall–Kier alpha value is -1.63. The van der Waals surface area contributed by atoms with Crippen LogP contribution in [0.3, 0.4) is 0 Å². The largest absolute Gasteiger partial charge is 0.490 e. The van der Waals surface area contributed by atoms with Gasteiger partial charge in [-0.15, -0.1) is 0 Å². The first kappa shape index (κ1) is 19.1. The summed E-state index contributed by atoms with van der Waals surface area (Å²) in [7, 11) is 1.62. The number of piperidine rings is 1. The maximum atomic E-state index is 12.1. The second-order valence-corrected chi connectivity index (χ2v) is 6.97. The van der Waals surface area contributed by atoms with E-state index in [1.54, 1.807) is 7.11 Å². The maximum Gasteiger partial charge on any atom is 0.251 e. The van der Waals surface area contributed by atoms with Crippen molar-refractivity contribution in [3.8, 4) is 5.75 Å². The van der Waals surface area contributed by atoms with Crippen molar-refractivity contribution in [2.24, 2.45) is 0 Å². The molecule has 0 bridgehead atoms. The highest BCUT2D eigenvalue weighted by Crippen LogP contribution is 2.23. The fourth-order valence-corrected chi connectivity index (χ4v) is 3.68. The van der Waals surface area contributed by atoms with Gasteiger partial charge in [-0.3, -0.25) is 9.69 Å². The van der Waals surface area contributed by atoms with E-state index in [-0.39, 0.29) is 12.0 Å². The van der Waals surface area contributed by atoms with Crippen molar-refractivity contribution in [1.29, 1.82) is 0 Å². The second-order valence-electron chi connectivity index (χ2n) is 6.97. The minimum Gasteiger partial charge on any atom is -0.490 e. The summed E-state index contributed by atoms with van der Waals surface area (Å²) in [4.78, 5) is 14.7. The molecule has 6 nitrogen and oxygen atoms in total. The minimum atomic E-state index is -0.0955. The summed E-state index contributed by atoms with van der Waals surface area (Å²) in [5, 5.41) is 2.84. The lowest BCUT2D eigenvalue weighted by atomic mass is 10.0. The first-order valence-corrected chi connectivity index (χ1v) is 9.62. The van der Waals surface area contributed by atoms with Crippen molar-refractivity contribution in [3.05, 3.63) is 29.8 Å².